The van der Waals surface area contributed by atoms with Gasteiger partial charge in [0.2, 0.25) is 17.8 Å². The summed E-state index contributed by atoms with van der Waals surface area (Å²) in [5, 5.41) is 22.8. The number of β-amino-alcohol motifs (C(OH)–C–C–N with tert-alkyl or cyclic N) is 1. The highest BCUT2D eigenvalue weighted by molar-refractivity contribution is 8.00. The quantitative estimate of drug-likeness (QED) is 0.0611. The van der Waals surface area contributed by atoms with Crippen molar-refractivity contribution in [3.63, 3.8) is 0 Å². The fraction of sp³-hybridized carbons (Fsp3) is 0.511. The number of nitrogens with zero attached hydrogens (tertiary/aromatic N) is 5. The Bertz CT molecular complexity index is 2400. The number of amides is 4. The number of hydrogen-bond acceptors (Lipinski definition) is 14. The number of aryl methyl sites for hydroxylation is 1. The van der Waals surface area contributed by atoms with Gasteiger partial charge in [0, 0.05) is 62.3 Å². The Morgan fingerprint density at radius 2 is 1.84 bits per heavy atom. The smallest absolute Gasteiger partial charge is 0.258 e. The standard InChI is InChI=1S/C47H59ClFN9O7S2/c1-28-38(66-27-53-28)31-8-6-30(7-9-31)24-51-41(60)36-23-33(59)26-58(36)43(62)39(55-44(63)47(49)15-16-47)46(2,3)67-21-20-65-19-14-29-12-17-57(18-13-29)42(61)32-10-11-35(37(22-32)64-5)54-45-52-25-34(48)40(50-4)56-45/h6-11,22,25,27,29,33,36,39,59H,12-21,23-24,26H2,1-5H3,(H,51,60)(H,55,63)(H2,50,52,54,56)/t33-,36+,39-/m1/s1. The lowest BCUT2D eigenvalue weighted by Gasteiger charge is -2.37. The number of nitrogens with one attached hydrogen (secondary N) is 4. The Kier molecular flexibility index (Phi) is 16.3. The number of carbonyl (C=O) groups excluding carboxylic acids is 4. The van der Waals surface area contributed by atoms with Crippen molar-refractivity contribution in [1.29, 1.82) is 0 Å². The largest absolute Gasteiger partial charge is 0.495 e. The molecule has 16 nitrogen and oxygen atoms in total. The monoisotopic (exact) mass is 979 g/mol. The van der Waals surface area contributed by atoms with Crippen LogP contribution < -0.4 is 26.0 Å². The first-order chi connectivity index (χ1) is 32.1. The zero-order chi connectivity index (χ0) is 47.9. The third kappa shape index (κ3) is 12.3. The van der Waals surface area contributed by atoms with Crippen LogP contribution in [0.1, 0.15) is 74.0 Å². The van der Waals surface area contributed by atoms with Crippen LogP contribution in [0.15, 0.2) is 54.2 Å². The normalized spacial score (nSPS) is 18.6. The molecule has 0 spiro atoms. The van der Waals surface area contributed by atoms with Gasteiger partial charge in [0.15, 0.2) is 5.67 Å². The molecule has 20 heteroatoms. The van der Waals surface area contributed by atoms with Crippen LogP contribution >= 0.6 is 34.7 Å². The van der Waals surface area contributed by atoms with E-state index in [2.05, 4.69) is 36.2 Å². The van der Waals surface area contributed by atoms with E-state index in [0.29, 0.717) is 71.8 Å². The Labute approximate surface area is 403 Å². The molecule has 0 bridgehead atoms. The molecule has 4 aromatic rings. The molecular formula is C47H59ClFN9O7S2. The molecule has 1 aliphatic carbocycles. The molecule has 3 fully saturated rings. The second-order valence-corrected chi connectivity index (χ2v) is 20.7. The second-order valence-electron chi connectivity index (χ2n) is 17.7. The van der Waals surface area contributed by atoms with Gasteiger partial charge in [-0.25, -0.2) is 14.4 Å². The van der Waals surface area contributed by atoms with E-state index in [0.717, 1.165) is 41.0 Å². The summed E-state index contributed by atoms with van der Waals surface area (Å²) >= 11 is 9.09. The van der Waals surface area contributed by atoms with E-state index in [1.54, 1.807) is 42.1 Å². The third-order valence-electron chi connectivity index (χ3n) is 12.6. The molecule has 2 aromatic carbocycles. The molecule has 7 rings (SSSR count). The highest BCUT2D eigenvalue weighted by Gasteiger charge is 2.54. The zero-order valence-electron chi connectivity index (χ0n) is 38.4. The number of aromatic nitrogens is 3. The van der Waals surface area contributed by atoms with Gasteiger partial charge in [0.05, 0.1) is 47.8 Å². The van der Waals surface area contributed by atoms with E-state index in [-0.39, 0.29) is 38.3 Å². The average Bonchev–Trinajstić information content (AvgIpc) is 3.74. The average molecular weight is 981 g/mol. The van der Waals surface area contributed by atoms with E-state index < -0.39 is 46.3 Å². The molecule has 0 radical (unpaired) electrons. The van der Waals surface area contributed by atoms with Gasteiger partial charge in [-0.2, -0.15) is 16.7 Å². The van der Waals surface area contributed by atoms with Crippen molar-refractivity contribution in [2.24, 2.45) is 5.92 Å². The predicted octanol–water partition coefficient (Wildman–Crippen LogP) is 6.39. The van der Waals surface area contributed by atoms with Crippen LogP contribution in [0.4, 0.5) is 21.8 Å². The molecule has 360 valence electrons. The summed E-state index contributed by atoms with van der Waals surface area (Å²) in [5.74, 6) is 0.228. The summed E-state index contributed by atoms with van der Waals surface area (Å²) in [4.78, 5) is 71.8. The predicted molar refractivity (Wildman–Crippen MR) is 259 cm³/mol. The van der Waals surface area contributed by atoms with Crippen LogP contribution in [-0.2, 0) is 25.7 Å². The molecule has 4 amide bonds. The van der Waals surface area contributed by atoms with Gasteiger partial charge in [-0.05, 0) is 88.1 Å². The Hall–Kier alpha value is -5.08. The summed E-state index contributed by atoms with van der Waals surface area (Å²) in [7, 11) is 3.25. The van der Waals surface area contributed by atoms with E-state index in [9.17, 15) is 24.3 Å². The number of ether oxygens (including phenoxy) is 2. The van der Waals surface area contributed by atoms with Gasteiger partial charge >= 0.3 is 0 Å². The van der Waals surface area contributed by atoms with Gasteiger partial charge in [-0.1, -0.05) is 35.9 Å². The van der Waals surface area contributed by atoms with Gasteiger partial charge in [-0.3, -0.25) is 19.2 Å². The molecule has 3 atom stereocenters. The summed E-state index contributed by atoms with van der Waals surface area (Å²) in [5.41, 5.74) is 3.73. The fourth-order valence-electron chi connectivity index (χ4n) is 8.32. The molecule has 2 saturated heterocycles. The maximum atomic E-state index is 15.0. The molecule has 2 aromatic heterocycles. The first kappa shape index (κ1) is 49.8. The van der Waals surface area contributed by atoms with Gasteiger partial charge < -0.3 is 45.6 Å². The zero-order valence-corrected chi connectivity index (χ0v) is 40.8. The number of thioether (sulfide) groups is 1. The minimum Gasteiger partial charge on any atom is -0.495 e. The van der Waals surface area contributed by atoms with Crippen molar-refractivity contribution in [2.75, 3.05) is 63.4 Å². The second kappa shape index (κ2) is 21.9. The van der Waals surface area contributed by atoms with Crippen molar-refractivity contribution < 1.29 is 38.1 Å². The number of benzene rings is 2. The van der Waals surface area contributed by atoms with E-state index in [1.165, 1.54) is 30.0 Å². The van der Waals surface area contributed by atoms with Gasteiger partial charge in [-0.15, -0.1) is 11.3 Å². The van der Waals surface area contributed by atoms with Crippen LogP contribution in [0.2, 0.25) is 5.02 Å². The number of likely N-dealkylation sites (tertiary alicyclic amines) is 2. The number of piperidine rings is 1. The highest BCUT2D eigenvalue weighted by Crippen LogP contribution is 2.41. The third-order valence-corrected chi connectivity index (χ3v) is 15.2. The lowest BCUT2D eigenvalue weighted by molar-refractivity contribution is -0.143. The van der Waals surface area contributed by atoms with Crippen LogP contribution in [0, 0.1) is 12.8 Å². The molecule has 3 aliphatic rings. The van der Waals surface area contributed by atoms with E-state index in [4.69, 9.17) is 21.1 Å². The molecule has 1 saturated carbocycles. The Morgan fingerprint density at radius 3 is 2.51 bits per heavy atom. The number of aliphatic hydroxyl groups is 1. The van der Waals surface area contributed by atoms with Crippen molar-refractivity contribution in [2.45, 2.75) is 94.4 Å². The van der Waals surface area contributed by atoms with E-state index >= 15 is 4.39 Å². The molecular weight excluding hydrogens is 921 g/mol. The number of alkyl halides is 1. The number of thiazole rings is 1. The summed E-state index contributed by atoms with van der Waals surface area (Å²) in [6, 6.07) is 10.9. The number of carbonyl (C=O) groups is 4. The lowest BCUT2D eigenvalue weighted by atomic mass is 9.93. The first-order valence-electron chi connectivity index (χ1n) is 22.5. The number of methoxy groups -OCH3 is 1. The summed E-state index contributed by atoms with van der Waals surface area (Å²) in [6.45, 7) is 7.81. The van der Waals surface area contributed by atoms with Gasteiger partial charge in [0.1, 0.15) is 28.7 Å². The SMILES string of the molecule is CNc1nc(Nc2ccc(C(=O)N3CCC(CCOCCSC(C)(C)[C@H](NC(=O)C4(F)CC4)C(=O)N4C[C@H](O)C[C@H]4C(=O)NCc4ccc(-c5scnc5C)cc4)CC3)cc2OC)ncc1Cl. The maximum absolute atomic E-state index is 15.0. The minimum atomic E-state index is -2.02. The summed E-state index contributed by atoms with van der Waals surface area (Å²) < 4.78 is 25.7. The van der Waals surface area contributed by atoms with Crippen molar-refractivity contribution >= 4 is 75.8 Å². The van der Waals surface area contributed by atoms with Gasteiger partial charge in [0.25, 0.3) is 11.8 Å². The van der Waals surface area contributed by atoms with Crippen LogP contribution in [-0.4, -0.2) is 135 Å². The number of halogens is 2. The maximum Gasteiger partial charge on any atom is 0.258 e. The molecule has 67 heavy (non-hydrogen) atoms. The van der Waals surface area contributed by atoms with Crippen LogP contribution in [0.25, 0.3) is 10.4 Å². The topological polar surface area (TPSA) is 200 Å². The minimum absolute atomic E-state index is 0.0356. The number of anilines is 3. The molecule has 0 unspecified atom stereocenters. The van der Waals surface area contributed by atoms with Crippen LogP contribution in [0.3, 0.4) is 0 Å². The number of hydrogen-bond donors (Lipinski definition) is 5. The molecule has 4 heterocycles. The van der Waals surface area contributed by atoms with Crippen molar-refractivity contribution in [1.82, 2.24) is 35.4 Å². The van der Waals surface area contributed by atoms with Crippen molar-refractivity contribution in [3.05, 3.63) is 76.0 Å². The Morgan fingerprint density at radius 1 is 1.09 bits per heavy atom. The molecule has 5 N–H and O–H groups in total. The highest BCUT2D eigenvalue weighted by atomic mass is 35.5. The number of rotatable bonds is 20. The first-order valence-corrected chi connectivity index (χ1v) is 24.7. The van der Waals surface area contributed by atoms with Crippen LogP contribution in [0.5, 0.6) is 5.75 Å². The Balaban J connectivity index is 0.867. The lowest BCUT2D eigenvalue weighted by Crippen LogP contribution is -2.61. The fourth-order valence-corrected chi connectivity index (χ4v) is 10.4. The van der Waals surface area contributed by atoms with E-state index in [1.807, 2.05) is 49.9 Å². The summed E-state index contributed by atoms with van der Waals surface area (Å²) in [6.07, 6.45) is 3.23. The molecule has 2 aliphatic heterocycles. The number of aliphatic hydroxyl groups excluding tert-OH is 1. The van der Waals surface area contributed by atoms with Crippen molar-refractivity contribution in [3.8, 4) is 16.2 Å².